The van der Waals surface area contributed by atoms with Crippen LogP contribution < -0.4 is 5.32 Å². The molecule has 20 heavy (non-hydrogen) atoms. The van der Waals surface area contributed by atoms with Crippen LogP contribution in [-0.4, -0.2) is 23.4 Å². The van der Waals surface area contributed by atoms with E-state index in [4.69, 9.17) is 23.2 Å². The third-order valence-electron chi connectivity index (χ3n) is 3.53. The van der Waals surface area contributed by atoms with Gasteiger partial charge in [0.2, 0.25) is 0 Å². The van der Waals surface area contributed by atoms with Crippen molar-refractivity contribution >= 4 is 23.2 Å². The number of benzene rings is 1. The highest BCUT2D eigenvalue weighted by Gasteiger charge is 2.13. The average Bonchev–Trinajstić information content (AvgIpc) is 2.67. The summed E-state index contributed by atoms with van der Waals surface area (Å²) < 4.78 is 1.98. The van der Waals surface area contributed by atoms with E-state index in [0.717, 1.165) is 24.2 Å². The molecule has 1 heterocycles. The van der Waals surface area contributed by atoms with Crippen molar-refractivity contribution < 1.29 is 0 Å². The van der Waals surface area contributed by atoms with Gasteiger partial charge in [-0.25, -0.2) is 0 Å². The maximum atomic E-state index is 6.23. The Kier molecular flexibility index (Phi) is 5.08. The number of hydrogen-bond acceptors (Lipinski definition) is 2. The number of halogens is 2. The van der Waals surface area contributed by atoms with Gasteiger partial charge in [-0.1, -0.05) is 29.3 Å². The van der Waals surface area contributed by atoms with Gasteiger partial charge in [0.05, 0.1) is 12.2 Å². The molecule has 2 rings (SSSR count). The summed E-state index contributed by atoms with van der Waals surface area (Å²) in [7, 11) is 1.96. The molecule has 0 atom stereocenters. The van der Waals surface area contributed by atoms with Gasteiger partial charge in [0, 0.05) is 21.3 Å². The quantitative estimate of drug-likeness (QED) is 0.914. The van der Waals surface area contributed by atoms with Crippen LogP contribution in [0.4, 0.5) is 0 Å². The third kappa shape index (κ3) is 3.17. The Morgan fingerprint density at radius 3 is 2.40 bits per heavy atom. The second-order valence-electron chi connectivity index (χ2n) is 4.86. The first kappa shape index (κ1) is 15.4. The molecule has 0 saturated heterocycles. The highest BCUT2D eigenvalue weighted by molar-refractivity contribution is 6.35. The molecule has 108 valence electrons. The van der Waals surface area contributed by atoms with E-state index < -0.39 is 0 Å². The molecule has 0 aliphatic rings. The molecule has 0 saturated carbocycles. The van der Waals surface area contributed by atoms with Crippen molar-refractivity contribution in [1.29, 1.82) is 0 Å². The minimum atomic E-state index is 0.602. The molecule has 1 aromatic carbocycles. The van der Waals surface area contributed by atoms with E-state index in [0.29, 0.717) is 16.6 Å². The van der Waals surface area contributed by atoms with Crippen molar-refractivity contribution in [2.75, 3.05) is 13.6 Å². The summed E-state index contributed by atoms with van der Waals surface area (Å²) in [6, 6.07) is 5.57. The molecular formula is C15H19Cl2N3. The summed E-state index contributed by atoms with van der Waals surface area (Å²) in [6.07, 6.45) is 0.977. The molecule has 5 heteroatoms. The lowest BCUT2D eigenvalue weighted by Gasteiger charge is -2.09. The highest BCUT2D eigenvalue weighted by atomic mass is 35.5. The number of aromatic nitrogens is 2. The van der Waals surface area contributed by atoms with Crippen LogP contribution in [0.1, 0.15) is 22.5 Å². The SMILES string of the molecule is CNCCc1c(C)nn(Cc2c(Cl)cccc2Cl)c1C. The lowest BCUT2D eigenvalue weighted by molar-refractivity contribution is 0.657. The number of nitrogens with zero attached hydrogens (tertiary/aromatic N) is 2. The fraction of sp³-hybridized carbons (Fsp3) is 0.400. The number of likely N-dealkylation sites (N-methyl/N-ethyl adjacent to an activating group) is 1. The number of rotatable bonds is 5. The van der Waals surface area contributed by atoms with Crippen LogP contribution in [0.15, 0.2) is 18.2 Å². The molecule has 1 aromatic heterocycles. The predicted molar refractivity (Wildman–Crippen MR) is 84.9 cm³/mol. The molecule has 3 nitrogen and oxygen atoms in total. The predicted octanol–water partition coefficient (Wildman–Crippen LogP) is 3.62. The van der Waals surface area contributed by atoms with Crippen LogP contribution in [0, 0.1) is 13.8 Å². The van der Waals surface area contributed by atoms with E-state index in [2.05, 4.69) is 17.3 Å². The fourth-order valence-corrected chi connectivity index (χ4v) is 2.85. The zero-order valence-electron chi connectivity index (χ0n) is 12.0. The van der Waals surface area contributed by atoms with E-state index in [1.165, 1.54) is 11.3 Å². The van der Waals surface area contributed by atoms with E-state index >= 15 is 0 Å². The van der Waals surface area contributed by atoms with Gasteiger partial charge in [0.1, 0.15) is 0 Å². The lowest BCUT2D eigenvalue weighted by atomic mass is 10.1. The van der Waals surface area contributed by atoms with Crippen LogP contribution in [0.25, 0.3) is 0 Å². The summed E-state index contributed by atoms with van der Waals surface area (Å²) >= 11 is 12.5. The molecule has 0 spiro atoms. The Labute approximate surface area is 129 Å². The Bertz CT molecular complexity index is 585. The molecule has 0 amide bonds. The van der Waals surface area contributed by atoms with Crippen LogP contribution in [0.2, 0.25) is 10.0 Å². The standard InChI is InChI=1S/C15H19Cl2N3/c1-10-12(7-8-18-3)11(2)20(19-10)9-13-14(16)5-4-6-15(13)17/h4-6,18H,7-9H2,1-3H3. The Hall–Kier alpha value is -1.03. The smallest absolute Gasteiger partial charge is 0.0691 e. The molecule has 0 aliphatic heterocycles. The first-order valence-corrected chi connectivity index (χ1v) is 7.40. The molecule has 0 fully saturated rings. The molecule has 0 bridgehead atoms. The van der Waals surface area contributed by atoms with E-state index in [1.54, 1.807) is 0 Å². The normalized spacial score (nSPS) is 11.1. The summed E-state index contributed by atoms with van der Waals surface area (Å²) in [5.41, 5.74) is 4.46. The summed E-state index contributed by atoms with van der Waals surface area (Å²) in [5.74, 6) is 0. The van der Waals surface area contributed by atoms with Crippen molar-refractivity contribution in [3.63, 3.8) is 0 Å². The van der Waals surface area contributed by atoms with Gasteiger partial charge < -0.3 is 5.32 Å². The zero-order valence-corrected chi connectivity index (χ0v) is 13.5. The van der Waals surface area contributed by atoms with Crippen LogP contribution in [0.5, 0.6) is 0 Å². The summed E-state index contributed by atoms with van der Waals surface area (Å²) in [5, 5.41) is 9.15. The number of nitrogens with one attached hydrogen (secondary N) is 1. The first-order valence-electron chi connectivity index (χ1n) is 6.65. The molecule has 2 aromatic rings. The summed E-state index contributed by atoms with van der Waals surface area (Å²) in [6.45, 7) is 5.68. The van der Waals surface area contributed by atoms with Crippen molar-refractivity contribution in [3.05, 3.63) is 50.8 Å². The van der Waals surface area contributed by atoms with Crippen molar-refractivity contribution in [2.45, 2.75) is 26.8 Å². The van der Waals surface area contributed by atoms with Crippen molar-refractivity contribution in [2.24, 2.45) is 0 Å². The zero-order chi connectivity index (χ0) is 14.7. The Balaban J connectivity index is 2.30. The highest BCUT2D eigenvalue weighted by Crippen LogP contribution is 2.26. The maximum absolute atomic E-state index is 6.23. The molecular weight excluding hydrogens is 293 g/mol. The molecule has 0 radical (unpaired) electrons. The first-order chi connectivity index (χ1) is 9.54. The number of hydrogen-bond donors (Lipinski definition) is 1. The number of aryl methyl sites for hydroxylation is 1. The monoisotopic (exact) mass is 311 g/mol. The van der Waals surface area contributed by atoms with Crippen LogP contribution in [-0.2, 0) is 13.0 Å². The van der Waals surface area contributed by atoms with E-state index in [9.17, 15) is 0 Å². The van der Waals surface area contributed by atoms with E-state index in [-0.39, 0.29) is 0 Å². The minimum absolute atomic E-state index is 0.602. The van der Waals surface area contributed by atoms with Gasteiger partial charge in [0.15, 0.2) is 0 Å². The molecule has 1 N–H and O–H groups in total. The van der Waals surface area contributed by atoms with Gasteiger partial charge in [-0.3, -0.25) is 4.68 Å². The van der Waals surface area contributed by atoms with Crippen molar-refractivity contribution in [1.82, 2.24) is 15.1 Å². The minimum Gasteiger partial charge on any atom is -0.319 e. The van der Waals surface area contributed by atoms with E-state index in [1.807, 2.05) is 36.9 Å². The van der Waals surface area contributed by atoms with Gasteiger partial charge in [-0.05, 0) is 51.6 Å². The van der Waals surface area contributed by atoms with Gasteiger partial charge >= 0.3 is 0 Å². The lowest BCUT2D eigenvalue weighted by Crippen LogP contribution is -2.11. The van der Waals surface area contributed by atoms with Gasteiger partial charge in [-0.15, -0.1) is 0 Å². The fourth-order valence-electron chi connectivity index (χ4n) is 2.33. The average molecular weight is 312 g/mol. The second-order valence-corrected chi connectivity index (χ2v) is 5.68. The van der Waals surface area contributed by atoms with Gasteiger partial charge in [0.25, 0.3) is 0 Å². The van der Waals surface area contributed by atoms with Crippen LogP contribution in [0.3, 0.4) is 0 Å². The molecule has 0 aliphatic carbocycles. The maximum Gasteiger partial charge on any atom is 0.0691 e. The van der Waals surface area contributed by atoms with Crippen LogP contribution >= 0.6 is 23.2 Å². The summed E-state index contributed by atoms with van der Waals surface area (Å²) in [4.78, 5) is 0. The second kappa shape index (κ2) is 6.61. The third-order valence-corrected chi connectivity index (χ3v) is 4.23. The largest absolute Gasteiger partial charge is 0.319 e. The topological polar surface area (TPSA) is 29.9 Å². The van der Waals surface area contributed by atoms with Gasteiger partial charge in [-0.2, -0.15) is 5.10 Å². The Morgan fingerprint density at radius 2 is 1.80 bits per heavy atom. The Morgan fingerprint density at radius 1 is 1.15 bits per heavy atom. The van der Waals surface area contributed by atoms with Crippen molar-refractivity contribution in [3.8, 4) is 0 Å². The molecule has 0 unspecified atom stereocenters.